The molecule has 0 atom stereocenters. The fourth-order valence-electron chi connectivity index (χ4n) is 1.49. The van der Waals surface area contributed by atoms with Crippen LogP contribution in [0.3, 0.4) is 0 Å². The van der Waals surface area contributed by atoms with Gasteiger partial charge in [-0.05, 0) is 23.6 Å². The minimum atomic E-state index is 0.528. The van der Waals surface area contributed by atoms with Gasteiger partial charge in [0.15, 0.2) is 0 Å². The highest BCUT2D eigenvalue weighted by Gasteiger charge is 2.03. The van der Waals surface area contributed by atoms with Crippen LogP contribution in [0.5, 0.6) is 0 Å². The molecule has 0 radical (unpaired) electrons. The molecule has 0 bridgehead atoms. The summed E-state index contributed by atoms with van der Waals surface area (Å²) in [5.41, 5.74) is 2.27. The van der Waals surface area contributed by atoms with Gasteiger partial charge in [0.25, 0.3) is 0 Å². The normalized spacial score (nSPS) is 11.1. The minimum absolute atomic E-state index is 0.528. The maximum Gasteiger partial charge on any atom is 0.0719 e. The standard InChI is InChI=1S/C12H12ClN/c1-8(2)9-3-4-10-11(13)5-6-14-12(10)7-9/h3-8H,1-2H3. The average Bonchev–Trinajstić information content (AvgIpc) is 2.17. The second-order valence-electron chi connectivity index (χ2n) is 3.72. The second kappa shape index (κ2) is 3.58. The zero-order valence-electron chi connectivity index (χ0n) is 8.29. The van der Waals surface area contributed by atoms with Crippen LogP contribution in [0.1, 0.15) is 25.3 Å². The Morgan fingerprint density at radius 2 is 2.00 bits per heavy atom. The third kappa shape index (κ3) is 1.60. The van der Waals surface area contributed by atoms with Crippen molar-refractivity contribution in [2.75, 3.05) is 0 Å². The van der Waals surface area contributed by atoms with E-state index in [1.165, 1.54) is 5.56 Å². The summed E-state index contributed by atoms with van der Waals surface area (Å²) >= 11 is 6.05. The number of aromatic nitrogens is 1. The lowest BCUT2D eigenvalue weighted by Crippen LogP contribution is -1.88. The summed E-state index contributed by atoms with van der Waals surface area (Å²) < 4.78 is 0. The van der Waals surface area contributed by atoms with Gasteiger partial charge < -0.3 is 0 Å². The van der Waals surface area contributed by atoms with Crippen molar-refractivity contribution in [3.05, 3.63) is 41.0 Å². The smallest absolute Gasteiger partial charge is 0.0719 e. The summed E-state index contributed by atoms with van der Waals surface area (Å²) in [7, 11) is 0. The topological polar surface area (TPSA) is 12.9 Å². The van der Waals surface area contributed by atoms with Crippen LogP contribution in [0, 0.1) is 0 Å². The Labute approximate surface area is 88.7 Å². The number of rotatable bonds is 1. The quantitative estimate of drug-likeness (QED) is 0.686. The molecule has 2 aromatic rings. The number of fused-ring (bicyclic) bond motifs is 1. The molecule has 0 fully saturated rings. The minimum Gasteiger partial charge on any atom is -0.256 e. The van der Waals surface area contributed by atoms with E-state index < -0.39 is 0 Å². The third-order valence-corrected chi connectivity index (χ3v) is 2.71. The van der Waals surface area contributed by atoms with E-state index in [0.29, 0.717) is 5.92 Å². The zero-order chi connectivity index (χ0) is 10.1. The molecule has 1 nitrogen and oxygen atoms in total. The molecule has 1 heterocycles. The van der Waals surface area contributed by atoms with Crippen LogP contribution >= 0.6 is 11.6 Å². The molecule has 0 aliphatic rings. The highest BCUT2D eigenvalue weighted by Crippen LogP contribution is 2.24. The second-order valence-corrected chi connectivity index (χ2v) is 4.13. The molecule has 0 amide bonds. The van der Waals surface area contributed by atoms with Crippen molar-refractivity contribution in [1.82, 2.24) is 4.98 Å². The van der Waals surface area contributed by atoms with Gasteiger partial charge in [0.1, 0.15) is 0 Å². The highest BCUT2D eigenvalue weighted by atomic mass is 35.5. The van der Waals surface area contributed by atoms with Gasteiger partial charge in [-0.25, -0.2) is 0 Å². The first-order valence-electron chi connectivity index (χ1n) is 4.72. The summed E-state index contributed by atoms with van der Waals surface area (Å²) in [6.45, 7) is 4.34. The van der Waals surface area contributed by atoms with Gasteiger partial charge in [0.2, 0.25) is 0 Å². The Balaban J connectivity index is 2.67. The fourth-order valence-corrected chi connectivity index (χ4v) is 1.71. The van der Waals surface area contributed by atoms with Gasteiger partial charge in [0.05, 0.1) is 10.5 Å². The molecule has 1 aromatic carbocycles. The molecular weight excluding hydrogens is 194 g/mol. The van der Waals surface area contributed by atoms with E-state index in [4.69, 9.17) is 11.6 Å². The summed E-state index contributed by atoms with van der Waals surface area (Å²) in [5, 5.41) is 1.80. The third-order valence-electron chi connectivity index (χ3n) is 2.38. The van der Waals surface area contributed by atoms with Crippen LogP contribution in [0.4, 0.5) is 0 Å². The van der Waals surface area contributed by atoms with E-state index in [0.717, 1.165) is 15.9 Å². The lowest BCUT2D eigenvalue weighted by molar-refractivity contribution is 0.868. The first kappa shape index (κ1) is 9.47. The Bertz CT molecular complexity index is 463. The van der Waals surface area contributed by atoms with Gasteiger partial charge in [-0.15, -0.1) is 0 Å². The molecule has 2 heteroatoms. The van der Waals surface area contributed by atoms with Crippen molar-refractivity contribution in [3.8, 4) is 0 Å². The Kier molecular flexibility index (Phi) is 2.42. The molecule has 2 rings (SSSR count). The van der Waals surface area contributed by atoms with Crippen molar-refractivity contribution in [1.29, 1.82) is 0 Å². The monoisotopic (exact) mass is 205 g/mol. The van der Waals surface area contributed by atoms with Crippen LogP contribution in [0.2, 0.25) is 5.02 Å². The first-order chi connectivity index (χ1) is 6.68. The molecule has 0 saturated carbocycles. The first-order valence-corrected chi connectivity index (χ1v) is 5.10. The van der Waals surface area contributed by atoms with Crippen LogP contribution in [0.25, 0.3) is 10.9 Å². The molecule has 0 N–H and O–H groups in total. The zero-order valence-corrected chi connectivity index (χ0v) is 9.05. The Morgan fingerprint density at radius 1 is 1.21 bits per heavy atom. The predicted octanol–water partition coefficient (Wildman–Crippen LogP) is 4.01. The van der Waals surface area contributed by atoms with E-state index in [9.17, 15) is 0 Å². The number of pyridine rings is 1. The SMILES string of the molecule is CC(C)c1ccc2c(Cl)ccnc2c1. The number of halogens is 1. The molecule has 0 aliphatic carbocycles. The van der Waals surface area contributed by atoms with E-state index >= 15 is 0 Å². The maximum atomic E-state index is 6.05. The van der Waals surface area contributed by atoms with Crippen molar-refractivity contribution in [2.45, 2.75) is 19.8 Å². The average molecular weight is 206 g/mol. The summed E-state index contributed by atoms with van der Waals surface area (Å²) in [6, 6.07) is 8.07. The molecule has 0 spiro atoms. The van der Waals surface area contributed by atoms with Crippen molar-refractivity contribution < 1.29 is 0 Å². The number of hydrogen-bond acceptors (Lipinski definition) is 1. The molecule has 0 saturated heterocycles. The van der Waals surface area contributed by atoms with Gasteiger partial charge in [-0.1, -0.05) is 37.6 Å². The van der Waals surface area contributed by atoms with Crippen LogP contribution < -0.4 is 0 Å². The summed E-state index contributed by atoms with van der Waals surface area (Å²) in [4.78, 5) is 4.30. The molecule has 0 unspecified atom stereocenters. The van der Waals surface area contributed by atoms with E-state index in [-0.39, 0.29) is 0 Å². The van der Waals surface area contributed by atoms with Crippen LogP contribution in [-0.4, -0.2) is 4.98 Å². The van der Waals surface area contributed by atoms with Crippen molar-refractivity contribution >= 4 is 22.5 Å². The molecule has 0 aliphatic heterocycles. The summed E-state index contributed by atoms with van der Waals surface area (Å²) in [5.74, 6) is 0.528. The van der Waals surface area contributed by atoms with Crippen molar-refractivity contribution in [2.24, 2.45) is 0 Å². The predicted molar refractivity (Wildman–Crippen MR) is 60.8 cm³/mol. The molecular formula is C12H12ClN. The molecule has 72 valence electrons. The number of hydrogen-bond donors (Lipinski definition) is 0. The van der Waals surface area contributed by atoms with Crippen LogP contribution in [0.15, 0.2) is 30.5 Å². The lowest BCUT2D eigenvalue weighted by atomic mass is 10.0. The van der Waals surface area contributed by atoms with Crippen molar-refractivity contribution in [3.63, 3.8) is 0 Å². The lowest BCUT2D eigenvalue weighted by Gasteiger charge is -2.06. The Morgan fingerprint density at radius 3 is 2.71 bits per heavy atom. The van der Waals surface area contributed by atoms with Gasteiger partial charge in [-0.2, -0.15) is 0 Å². The van der Waals surface area contributed by atoms with E-state index in [1.54, 1.807) is 6.20 Å². The van der Waals surface area contributed by atoms with Gasteiger partial charge in [-0.3, -0.25) is 4.98 Å². The fraction of sp³-hybridized carbons (Fsp3) is 0.250. The van der Waals surface area contributed by atoms with E-state index in [1.807, 2.05) is 12.1 Å². The van der Waals surface area contributed by atoms with E-state index in [2.05, 4.69) is 31.0 Å². The number of benzene rings is 1. The highest BCUT2D eigenvalue weighted by molar-refractivity contribution is 6.35. The van der Waals surface area contributed by atoms with Crippen LogP contribution in [-0.2, 0) is 0 Å². The Hall–Kier alpha value is -1.08. The maximum absolute atomic E-state index is 6.05. The largest absolute Gasteiger partial charge is 0.256 e. The number of nitrogens with zero attached hydrogens (tertiary/aromatic N) is 1. The van der Waals surface area contributed by atoms with Gasteiger partial charge in [0, 0.05) is 11.6 Å². The molecule has 1 aromatic heterocycles. The molecule has 14 heavy (non-hydrogen) atoms. The summed E-state index contributed by atoms with van der Waals surface area (Å²) in [6.07, 6.45) is 1.74. The van der Waals surface area contributed by atoms with Gasteiger partial charge >= 0.3 is 0 Å².